The predicted octanol–water partition coefficient (Wildman–Crippen LogP) is 1.70. The lowest BCUT2D eigenvalue weighted by Crippen LogP contribution is -2.18. The van der Waals surface area contributed by atoms with Gasteiger partial charge in [-0.2, -0.15) is 5.10 Å². The van der Waals surface area contributed by atoms with Crippen LogP contribution in [0.3, 0.4) is 0 Å². The molecule has 2 heterocycles. The molecule has 0 amide bonds. The van der Waals surface area contributed by atoms with Gasteiger partial charge < -0.3 is 9.05 Å². The molecule has 0 saturated carbocycles. The molecule has 1 aliphatic rings. The SMILES string of the molecule is C=C1OP(c2cnn(C)c2)OC1(C)C. The molecule has 1 unspecified atom stereocenters. The first-order valence-electron chi connectivity index (χ1n) is 4.34. The molecule has 0 bridgehead atoms. The van der Waals surface area contributed by atoms with Gasteiger partial charge in [0.25, 0.3) is 8.38 Å². The van der Waals surface area contributed by atoms with Crippen LogP contribution in [-0.4, -0.2) is 15.4 Å². The standard InChI is InChI=1S/C9H13N2O2P/c1-7-9(2,3)13-14(12-7)8-5-10-11(4)6-8/h5-6H,1H2,2-4H3. The van der Waals surface area contributed by atoms with Gasteiger partial charge in [-0.05, 0) is 13.8 Å². The fourth-order valence-corrected chi connectivity index (χ4v) is 2.69. The monoisotopic (exact) mass is 212 g/mol. The van der Waals surface area contributed by atoms with Gasteiger partial charge in [0, 0.05) is 13.2 Å². The minimum atomic E-state index is -1.03. The van der Waals surface area contributed by atoms with Crippen molar-refractivity contribution in [2.24, 2.45) is 7.05 Å². The predicted molar refractivity (Wildman–Crippen MR) is 55.2 cm³/mol. The van der Waals surface area contributed by atoms with E-state index < -0.39 is 8.38 Å². The third-order valence-electron chi connectivity index (χ3n) is 2.08. The third kappa shape index (κ3) is 1.56. The quantitative estimate of drug-likeness (QED) is 0.665. The van der Waals surface area contributed by atoms with Crippen LogP contribution in [0.4, 0.5) is 0 Å². The molecule has 0 aliphatic carbocycles. The van der Waals surface area contributed by atoms with Gasteiger partial charge in [0.1, 0.15) is 11.4 Å². The number of hydrogen-bond donors (Lipinski definition) is 0. The second kappa shape index (κ2) is 3.07. The molecule has 0 spiro atoms. The van der Waals surface area contributed by atoms with Crippen LogP contribution >= 0.6 is 8.38 Å². The van der Waals surface area contributed by atoms with E-state index in [1.165, 1.54) is 0 Å². The van der Waals surface area contributed by atoms with Crippen molar-refractivity contribution in [1.29, 1.82) is 0 Å². The van der Waals surface area contributed by atoms with Crippen molar-refractivity contribution in [2.75, 3.05) is 0 Å². The normalized spacial score (nSPS) is 25.1. The first-order chi connectivity index (χ1) is 6.49. The summed E-state index contributed by atoms with van der Waals surface area (Å²) in [4.78, 5) is 0. The maximum absolute atomic E-state index is 5.75. The van der Waals surface area contributed by atoms with Crippen LogP contribution in [0.15, 0.2) is 24.7 Å². The largest absolute Gasteiger partial charge is 0.446 e. The minimum Gasteiger partial charge on any atom is -0.446 e. The van der Waals surface area contributed by atoms with E-state index in [9.17, 15) is 0 Å². The molecule has 4 nitrogen and oxygen atoms in total. The lowest BCUT2D eigenvalue weighted by Gasteiger charge is -2.13. The topological polar surface area (TPSA) is 36.3 Å². The van der Waals surface area contributed by atoms with Crippen LogP contribution in [-0.2, 0) is 16.1 Å². The summed E-state index contributed by atoms with van der Waals surface area (Å²) >= 11 is 0. The zero-order valence-corrected chi connectivity index (χ0v) is 9.41. The highest BCUT2D eigenvalue weighted by molar-refractivity contribution is 7.56. The van der Waals surface area contributed by atoms with Crippen LogP contribution in [0.2, 0.25) is 0 Å². The van der Waals surface area contributed by atoms with Crippen LogP contribution < -0.4 is 5.30 Å². The summed E-state index contributed by atoms with van der Waals surface area (Å²) in [6, 6.07) is 0. The summed E-state index contributed by atoms with van der Waals surface area (Å²) in [5.41, 5.74) is -0.387. The van der Waals surface area contributed by atoms with Gasteiger partial charge in [0.2, 0.25) is 0 Å². The number of rotatable bonds is 1. The van der Waals surface area contributed by atoms with Crippen LogP contribution in [0.5, 0.6) is 0 Å². The van der Waals surface area contributed by atoms with E-state index >= 15 is 0 Å². The Morgan fingerprint density at radius 3 is 2.71 bits per heavy atom. The Morgan fingerprint density at radius 1 is 1.57 bits per heavy atom. The van der Waals surface area contributed by atoms with Gasteiger partial charge in [-0.1, -0.05) is 6.58 Å². The highest BCUT2D eigenvalue weighted by Crippen LogP contribution is 2.53. The highest BCUT2D eigenvalue weighted by atomic mass is 31.2. The Hall–Kier alpha value is -0.860. The first-order valence-corrected chi connectivity index (χ1v) is 5.52. The molecule has 1 aromatic rings. The molecule has 5 heteroatoms. The zero-order chi connectivity index (χ0) is 10.3. The van der Waals surface area contributed by atoms with Crippen molar-refractivity contribution in [1.82, 2.24) is 9.78 Å². The minimum absolute atomic E-state index is 0.387. The van der Waals surface area contributed by atoms with E-state index in [1.807, 2.05) is 27.1 Å². The Kier molecular flexibility index (Phi) is 2.13. The van der Waals surface area contributed by atoms with Crippen LogP contribution in [0.1, 0.15) is 13.8 Å². The number of nitrogens with zero attached hydrogens (tertiary/aromatic N) is 2. The van der Waals surface area contributed by atoms with Crippen LogP contribution in [0.25, 0.3) is 0 Å². The third-order valence-corrected chi connectivity index (χ3v) is 3.74. The maximum Gasteiger partial charge on any atom is 0.269 e. The average molecular weight is 212 g/mol. The fraction of sp³-hybridized carbons (Fsp3) is 0.444. The van der Waals surface area contributed by atoms with Crippen molar-refractivity contribution in [2.45, 2.75) is 19.4 Å². The molecule has 1 fully saturated rings. The lowest BCUT2D eigenvalue weighted by atomic mass is 10.1. The Balaban J connectivity index is 2.20. The van der Waals surface area contributed by atoms with E-state index in [0.29, 0.717) is 5.76 Å². The number of aromatic nitrogens is 2. The van der Waals surface area contributed by atoms with Crippen molar-refractivity contribution >= 4 is 13.7 Å². The molecular formula is C9H13N2O2P. The van der Waals surface area contributed by atoms with E-state index in [0.717, 1.165) is 5.30 Å². The smallest absolute Gasteiger partial charge is 0.269 e. The molecule has 0 aromatic carbocycles. The molecule has 76 valence electrons. The van der Waals surface area contributed by atoms with Gasteiger partial charge in [-0.3, -0.25) is 4.68 Å². The van der Waals surface area contributed by atoms with E-state index in [1.54, 1.807) is 10.9 Å². The van der Waals surface area contributed by atoms with Gasteiger partial charge in [0.15, 0.2) is 0 Å². The molecule has 1 aromatic heterocycles. The van der Waals surface area contributed by atoms with Gasteiger partial charge in [-0.25, -0.2) is 0 Å². The lowest BCUT2D eigenvalue weighted by molar-refractivity contribution is 0.185. The molecule has 0 radical (unpaired) electrons. The summed E-state index contributed by atoms with van der Waals surface area (Å²) in [6.45, 7) is 7.74. The average Bonchev–Trinajstić information content (AvgIpc) is 2.58. The van der Waals surface area contributed by atoms with Crippen molar-refractivity contribution in [3.63, 3.8) is 0 Å². The Morgan fingerprint density at radius 2 is 2.29 bits per heavy atom. The van der Waals surface area contributed by atoms with Crippen molar-refractivity contribution in [3.8, 4) is 0 Å². The Labute approximate surface area is 84.4 Å². The van der Waals surface area contributed by atoms with Crippen molar-refractivity contribution in [3.05, 3.63) is 24.7 Å². The maximum atomic E-state index is 5.75. The van der Waals surface area contributed by atoms with E-state index in [2.05, 4.69) is 11.7 Å². The molecule has 1 saturated heterocycles. The van der Waals surface area contributed by atoms with Gasteiger partial charge in [-0.15, -0.1) is 0 Å². The molecule has 2 rings (SSSR count). The number of hydrogen-bond acceptors (Lipinski definition) is 3. The number of aryl methyl sites for hydroxylation is 1. The zero-order valence-electron chi connectivity index (χ0n) is 8.52. The molecule has 1 aliphatic heterocycles. The molecule has 1 atom stereocenters. The summed E-state index contributed by atoms with van der Waals surface area (Å²) in [7, 11) is 0.840. The Bertz CT molecular complexity index is 373. The molecular weight excluding hydrogens is 199 g/mol. The van der Waals surface area contributed by atoms with Crippen molar-refractivity contribution < 1.29 is 9.05 Å². The molecule has 0 N–H and O–H groups in total. The van der Waals surface area contributed by atoms with Gasteiger partial charge >= 0.3 is 0 Å². The highest BCUT2D eigenvalue weighted by Gasteiger charge is 2.39. The summed E-state index contributed by atoms with van der Waals surface area (Å²) in [6.07, 6.45) is 3.67. The van der Waals surface area contributed by atoms with Gasteiger partial charge in [0.05, 0.1) is 11.5 Å². The van der Waals surface area contributed by atoms with E-state index in [-0.39, 0.29) is 5.60 Å². The second-order valence-electron chi connectivity index (χ2n) is 3.75. The summed E-state index contributed by atoms with van der Waals surface area (Å²) in [5.74, 6) is 0.687. The second-order valence-corrected chi connectivity index (χ2v) is 5.14. The summed E-state index contributed by atoms with van der Waals surface area (Å²) in [5, 5.41) is 5.06. The van der Waals surface area contributed by atoms with E-state index in [4.69, 9.17) is 9.05 Å². The first kappa shape index (κ1) is 9.69. The van der Waals surface area contributed by atoms with Crippen LogP contribution in [0, 0.1) is 0 Å². The fourth-order valence-electron chi connectivity index (χ4n) is 1.09. The summed E-state index contributed by atoms with van der Waals surface area (Å²) < 4.78 is 13.1. The molecule has 14 heavy (non-hydrogen) atoms.